The Labute approximate surface area is 161 Å². The van der Waals surface area contributed by atoms with Gasteiger partial charge in [-0.2, -0.15) is 0 Å². The molecule has 0 bridgehead atoms. The van der Waals surface area contributed by atoms with E-state index in [1.165, 1.54) is 6.07 Å². The number of benzene rings is 2. The van der Waals surface area contributed by atoms with E-state index in [1.807, 2.05) is 32.0 Å². The van der Waals surface area contributed by atoms with Crippen molar-refractivity contribution in [2.45, 2.75) is 6.92 Å². The fourth-order valence-electron chi connectivity index (χ4n) is 2.47. The normalized spacial score (nSPS) is 10.5. The molecule has 1 heterocycles. The van der Waals surface area contributed by atoms with Crippen LogP contribution in [-0.4, -0.2) is 30.0 Å². The van der Waals surface area contributed by atoms with Gasteiger partial charge in [-0.15, -0.1) is 0 Å². The van der Waals surface area contributed by atoms with Crippen molar-refractivity contribution in [1.29, 1.82) is 0 Å². The molecule has 0 saturated carbocycles. The van der Waals surface area contributed by atoms with E-state index in [-0.39, 0.29) is 5.56 Å². The summed E-state index contributed by atoms with van der Waals surface area (Å²) in [6.07, 6.45) is 0. The van der Waals surface area contributed by atoms with E-state index in [4.69, 9.17) is 0 Å². The highest BCUT2D eigenvalue weighted by atomic mass is 19.2. The molecule has 0 aliphatic carbocycles. The van der Waals surface area contributed by atoms with Crippen LogP contribution in [0.1, 0.15) is 16.2 Å². The van der Waals surface area contributed by atoms with Crippen LogP contribution in [0.2, 0.25) is 0 Å². The first-order valence-electron chi connectivity index (χ1n) is 8.48. The topological polar surface area (TPSA) is 70.2 Å². The van der Waals surface area contributed by atoms with Gasteiger partial charge in [0.25, 0.3) is 5.91 Å². The van der Waals surface area contributed by atoms with Crippen molar-refractivity contribution in [2.75, 3.05) is 29.6 Å². The molecular weight excluding hydrogens is 364 g/mol. The molecule has 0 saturated heterocycles. The zero-order chi connectivity index (χ0) is 20.3. The van der Waals surface area contributed by atoms with Gasteiger partial charge in [0.2, 0.25) is 0 Å². The predicted octanol–water partition coefficient (Wildman–Crippen LogP) is 4.13. The molecular formula is C20H19F2N5O. The highest BCUT2D eigenvalue weighted by Crippen LogP contribution is 2.21. The van der Waals surface area contributed by atoms with Crippen LogP contribution in [0.3, 0.4) is 0 Å². The van der Waals surface area contributed by atoms with Crippen LogP contribution in [0, 0.1) is 18.6 Å². The van der Waals surface area contributed by atoms with E-state index in [0.29, 0.717) is 17.3 Å². The maximum atomic E-state index is 13.3. The number of nitrogens with zero attached hydrogens (tertiary/aromatic N) is 3. The second-order valence-corrected chi connectivity index (χ2v) is 6.34. The molecule has 0 radical (unpaired) electrons. The lowest BCUT2D eigenvalue weighted by atomic mass is 10.2. The molecule has 1 aromatic heterocycles. The van der Waals surface area contributed by atoms with Crippen LogP contribution in [-0.2, 0) is 0 Å². The summed E-state index contributed by atoms with van der Waals surface area (Å²) < 4.78 is 26.2. The molecule has 0 atom stereocenters. The maximum Gasteiger partial charge on any atom is 0.255 e. The summed E-state index contributed by atoms with van der Waals surface area (Å²) in [6.45, 7) is 1.81. The van der Waals surface area contributed by atoms with Crippen LogP contribution >= 0.6 is 0 Å². The first kappa shape index (κ1) is 19.2. The maximum absolute atomic E-state index is 13.3. The Morgan fingerprint density at radius 3 is 2.25 bits per heavy atom. The number of aromatic nitrogens is 2. The third-order valence-corrected chi connectivity index (χ3v) is 3.88. The van der Waals surface area contributed by atoms with Crippen LogP contribution < -0.4 is 15.5 Å². The Hall–Kier alpha value is -3.55. The fraction of sp³-hybridized carbons (Fsp3) is 0.150. The average molecular weight is 383 g/mol. The van der Waals surface area contributed by atoms with Crippen molar-refractivity contribution in [3.63, 3.8) is 0 Å². The molecule has 0 unspecified atom stereocenters. The third kappa shape index (κ3) is 4.59. The summed E-state index contributed by atoms with van der Waals surface area (Å²) in [6, 6.07) is 11.8. The Morgan fingerprint density at radius 2 is 1.61 bits per heavy atom. The summed E-state index contributed by atoms with van der Waals surface area (Å²) in [4.78, 5) is 22.7. The monoisotopic (exact) mass is 383 g/mol. The lowest BCUT2D eigenvalue weighted by Crippen LogP contribution is -2.13. The van der Waals surface area contributed by atoms with Crippen molar-refractivity contribution in [3.05, 3.63) is 71.6 Å². The Bertz CT molecular complexity index is 1010. The van der Waals surface area contributed by atoms with Gasteiger partial charge in [0.1, 0.15) is 17.5 Å². The van der Waals surface area contributed by atoms with Gasteiger partial charge in [-0.3, -0.25) is 4.79 Å². The number of aryl methyl sites for hydroxylation is 1. The Morgan fingerprint density at radius 1 is 0.929 bits per heavy atom. The smallest absolute Gasteiger partial charge is 0.255 e. The minimum Gasteiger partial charge on any atom is -0.363 e. The number of hydrogen-bond donors (Lipinski definition) is 2. The van der Waals surface area contributed by atoms with Gasteiger partial charge in [-0.05, 0) is 49.4 Å². The summed E-state index contributed by atoms with van der Waals surface area (Å²) in [5.41, 5.74) is 1.33. The van der Waals surface area contributed by atoms with E-state index in [0.717, 1.165) is 23.6 Å². The van der Waals surface area contributed by atoms with E-state index in [1.54, 1.807) is 24.3 Å². The number of amides is 1. The van der Waals surface area contributed by atoms with Gasteiger partial charge in [-0.1, -0.05) is 0 Å². The quantitative estimate of drug-likeness (QED) is 0.693. The highest BCUT2D eigenvalue weighted by molar-refractivity contribution is 6.04. The van der Waals surface area contributed by atoms with E-state index >= 15 is 0 Å². The number of halogens is 2. The van der Waals surface area contributed by atoms with E-state index in [9.17, 15) is 13.6 Å². The molecule has 0 aliphatic rings. The average Bonchev–Trinajstić information content (AvgIpc) is 2.65. The molecule has 3 aromatic rings. The van der Waals surface area contributed by atoms with Gasteiger partial charge in [0.15, 0.2) is 11.6 Å². The van der Waals surface area contributed by atoms with Crippen LogP contribution in [0.5, 0.6) is 0 Å². The van der Waals surface area contributed by atoms with E-state index in [2.05, 4.69) is 20.6 Å². The van der Waals surface area contributed by atoms with Crippen LogP contribution in [0.4, 0.5) is 31.8 Å². The number of carbonyl (C=O) groups excluding carboxylic acids is 1. The molecule has 0 aliphatic heterocycles. The van der Waals surface area contributed by atoms with Crippen molar-refractivity contribution in [2.24, 2.45) is 0 Å². The largest absolute Gasteiger partial charge is 0.363 e. The van der Waals surface area contributed by atoms with Crippen LogP contribution in [0.15, 0.2) is 48.5 Å². The molecule has 8 heteroatoms. The van der Waals surface area contributed by atoms with Crippen LogP contribution in [0.25, 0.3) is 0 Å². The minimum absolute atomic E-state index is 0.0359. The standard InChI is InChI=1S/C20H19F2N5O/c1-12-23-18(11-19(24-12)27(2)3)25-14-5-7-15(8-6-14)26-20(28)13-4-9-16(21)17(22)10-13/h4-11H,1-3H3,(H,26,28)(H,23,24,25). The van der Waals surface area contributed by atoms with Gasteiger partial charge in [0, 0.05) is 37.1 Å². The molecule has 2 N–H and O–H groups in total. The first-order chi connectivity index (χ1) is 13.3. The summed E-state index contributed by atoms with van der Waals surface area (Å²) in [5, 5.41) is 5.83. The Kier molecular flexibility index (Phi) is 5.49. The molecule has 144 valence electrons. The number of nitrogens with one attached hydrogen (secondary N) is 2. The number of carbonyl (C=O) groups is 1. The summed E-state index contributed by atoms with van der Waals surface area (Å²) in [5.74, 6) is -0.514. The molecule has 0 spiro atoms. The van der Waals surface area contributed by atoms with E-state index < -0.39 is 17.5 Å². The first-order valence-corrected chi connectivity index (χ1v) is 8.48. The lowest BCUT2D eigenvalue weighted by Gasteiger charge is -2.14. The zero-order valence-corrected chi connectivity index (χ0v) is 15.6. The molecule has 3 rings (SSSR count). The Balaban J connectivity index is 1.70. The summed E-state index contributed by atoms with van der Waals surface area (Å²) in [7, 11) is 3.80. The fourth-order valence-corrected chi connectivity index (χ4v) is 2.47. The molecule has 6 nitrogen and oxygen atoms in total. The van der Waals surface area contributed by atoms with Gasteiger partial charge in [-0.25, -0.2) is 18.7 Å². The van der Waals surface area contributed by atoms with Gasteiger partial charge in [0.05, 0.1) is 0 Å². The number of hydrogen-bond acceptors (Lipinski definition) is 5. The van der Waals surface area contributed by atoms with Gasteiger partial charge >= 0.3 is 0 Å². The minimum atomic E-state index is -1.07. The zero-order valence-electron chi connectivity index (χ0n) is 15.6. The van der Waals surface area contributed by atoms with Gasteiger partial charge < -0.3 is 15.5 Å². The second-order valence-electron chi connectivity index (χ2n) is 6.34. The number of anilines is 4. The highest BCUT2D eigenvalue weighted by Gasteiger charge is 2.10. The molecule has 28 heavy (non-hydrogen) atoms. The summed E-state index contributed by atoms with van der Waals surface area (Å²) >= 11 is 0. The molecule has 1 amide bonds. The van der Waals surface area contributed by atoms with Crippen molar-refractivity contribution in [3.8, 4) is 0 Å². The van der Waals surface area contributed by atoms with Crippen molar-refractivity contribution < 1.29 is 13.6 Å². The SMILES string of the molecule is Cc1nc(Nc2ccc(NC(=O)c3ccc(F)c(F)c3)cc2)cc(N(C)C)n1. The lowest BCUT2D eigenvalue weighted by molar-refractivity contribution is 0.102. The van der Waals surface area contributed by atoms with Crippen molar-refractivity contribution >= 4 is 28.9 Å². The third-order valence-electron chi connectivity index (χ3n) is 3.88. The van der Waals surface area contributed by atoms with Crippen molar-refractivity contribution in [1.82, 2.24) is 9.97 Å². The second kappa shape index (κ2) is 7.99. The predicted molar refractivity (Wildman–Crippen MR) is 105 cm³/mol. The number of rotatable bonds is 5. The molecule has 2 aromatic carbocycles. The molecule has 0 fully saturated rings.